The van der Waals surface area contributed by atoms with E-state index in [2.05, 4.69) is 12.2 Å². The second-order valence-electron chi connectivity index (χ2n) is 5.19. The predicted molar refractivity (Wildman–Crippen MR) is 86.5 cm³/mol. The lowest BCUT2D eigenvalue weighted by molar-refractivity contribution is -0.140. The van der Waals surface area contributed by atoms with Gasteiger partial charge in [0.1, 0.15) is 6.04 Å². The number of rotatable bonds is 6. The van der Waals surface area contributed by atoms with Crippen molar-refractivity contribution in [3.05, 3.63) is 24.3 Å². The topological polar surface area (TPSA) is 49.4 Å². The van der Waals surface area contributed by atoms with Gasteiger partial charge < -0.3 is 5.32 Å². The first kappa shape index (κ1) is 15.9. The number of carbonyl (C=O) groups excluding carboxylic acids is 2. The summed E-state index contributed by atoms with van der Waals surface area (Å²) in [6.45, 7) is 5.99. The normalized spacial score (nSPS) is 20.0. The summed E-state index contributed by atoms with van der Waals surface area (Å²) in [5.41, 5.74) is 0.932. The van der Waals surface area contributed by atoms with E-state index in [1.54, 1.807) is 11.8 Å². The van der Waals surface area contributed by atoms with E-state index in [0.29, 0.717) is 0 Å². The fourth-order valence-electron chi connectivity index (χ4n) is 2.46. The lowest BCUT2D eigenvalue weighted by atomic mass is 10.2. The summed E-state index contributed by atoms with van der Waals surface area (Å²) in [5.74, 6) is 0.785. The van der Waals surface area contributed by atoms with Crippen LogP contribution in [0.5, 0.6) is 0 Å². The molecule has 0 spiro atoms. The minimum Gasteiger partial charge on any atom is -0.372 e. The summed E-state index contributed by atoms with van der Waals surface area (Å²) in [6, 6.07) is 7.44. The smallest absolute Gasteiger partial charge is 0.252 e. The zero-order valence-corrected chi connectivity index (χ0v) is 13.6. The molecule has 1 saturated heterocycles. The average Bonchev–Trinajstić information content (AvgIpc) is 2.75. The van der Waals surface area contributed by atoms with Gasteiger partial charge in [-0.2, -0.15) is 0 Å². The summed E-state index contributed by atoms with van der Waals surface area (Å²) in [4.78, 5) is 27.0. The van der Waals surface area contributed by atoms with E-state index in [1.165, 1.54) is 4.90 Å². The number of nitrogens with zero attached hydrogens (tertiary/aromatic N) is 1. The van der Waals surface area contributed by atoms with Crippen LogP contribution in [0, 0.1) is 0 Å². The van der Waals surface area contributed by atoms with E-state index >= 15 is 0 Å². The minimum atomic E-state index is -0.440. The average molecular weight is 306 g/mol. The quantitative estimate of drug-likeness (QED) is 0.648. The molecule has 2 atom stereocenters. The van der Waals surface area contributed by atoms with Crippen molar-refractivity contribution in [2.24, 2.45) is 0 Å². The molecule has 0 bridgehead atoms. The second kappa shape index (κ2) is 6.98. The zero-order valence-electron chi connectivity index (χ0n) is 12.8. The summed E-state index contributed by atoms with van der Waals surface area (Å²) in [6.07, 6.45) is 1.03. The molecular weight excluding hydrogens is 284 g/mol. The highest BCUT2D eigenvalue weighted by molar-refractivity contribution is 7.99. The highest BCUT2D eigenvalue weighted by Gasteiger charge is 2.40. The van der Waals surface area contributed by atoms with Gasteiger partial charge in [-0.1, -0.05) is 26.0 Å². The van der Waals surface area contributed by atoms with Crippen molar-refractivity contribution in [2.75, 3.05) is 11.1 Å². The molecule has 2 unspecified atom stereocenters. The number of benzene rings is 1. The van der Waals surface area contributed by atoms with Gasteiger partial charge in [0.25, 0.3) is 5.91 Å². The summed E-state index contributed by atoms with van der Waals surface area (Å²) in [7, 11) is 0. The SMILES string of the molecule is CCSc1ccccc1NC1CC(=O)N(C(C)CC)C1=O. The Balaban J connectivity index is 2.14. The molecule has 2 amide bonds. The molecule has 0 saturated carbocycles. The first-order valence-corrected chi connectivity index (χ1v) is 8.41. The van der Waals surface area contributed by atoms with Crippen LogP contribution in [0.25, 0.3) is 0 Å². The number of anilines is 1. The maximum Gasteiger partial charge on any atom is 0.252 e. The maximum atomic E-state index is 12.4. The molecule has 0 radical (unpaired) electrons. The summed E-state index contributed by atoms with van der Waals surface area (Å²) < 4.78 is 0. The third-order valence-corrected chi connectivity index (χ3v) is 4.69. The summed E-state index contributed by atoms with van der Waals surface area (Å²) in [5, 5.41) is 3.25. The van der Waals surface area contributed by atoms with E-state index < -0.39 is 6.04 Å². The number of hydrogen-bond donors (Lipinski definition) is 1. The van der Waals surface area contributed by atoms with Crippen molar-refractivity contribution >= 4 is 29.3 Å². The van der Waals surface area contributed by atoms with Crippen molar-refractivity contribution < 1.29 is 9.59 Å². The van der Waals surface area contributed by atoms with Gasteiger partial charge in [0.15, 0.2) is 0 Å². The van der Waals surface area contributed by atoms with Crippen LogP contribution >= 0.6 is 11.8 Å². The molecule has 2 rings (SSSR count). The molecule has 1 aliphatic rings. The highest BCUT2D eigenvalue weighted by Crippen LogP contribution is 2.29. The van der Waals surface area contributed by atoms with Crippen LogP contribution in [0.15, 0.2) is 29.2 Å². The van der Waals surface area contributed by atoms with Crippen LogP contribution in [0.4, 0.5) is 5.69 Å². The van der Waals surface area contributed by atoms with Gasteiger partial charge >= 0.3 is 0 Å². The lowest BCUT2D eigenvalue weighted by Gasteiger charge is -2.22. The van der Waals surface area contributed by atoms with E-state index in [0.717, 1.165) is 22.8 Å². The van der Waals surface area contributed by atoms with Gasteiger partial charge in [-0.25, -0.2) is 0 Å². The molecule has 1 fully saturated rings. The Labute approximate surface area is 130 Å². The molecule has 1 aromatic rings. The summed E-state index contributed by atoms with van der Waals surface area (Å²) >= 11 is 1.73. The third kappa shape index (κ3) is 3.40. The third-order valence-electron chi connectivity index (χ3n) is 3.73. The highest BCUT2D eigenvalue weighted by atomic mass is 32.2. The molecule has 21 heavy (non-hydrogen) atoms. The van der Waals surface area contributed by atoms with Crippen LogP contribution in [-0.2, 0) is 9.59 Å². The number of imide groups is 1. The zero-order chi connectivity index (χ0) is 15.4. The number of amides is 2. The van der Waals surface area contributed by atoms with Gasteiger partial charge in [0.05, 0.1) is 6.42 Å². The van der Waals surface area contributed by atoms with Crippen molar-refractivity contribution in [3.63, 3.8) is 0 Å². The van der Waals surface area contributed by atoms with Crippen LogP contribution in [0.3, 0.4) is 0 Å². The van der Waals surface area contributed by atoms with Crippen LogP contribution in [0.1, 0.15) is 33.6 Å². The van der Waals surface area contributed by atoms with Gasteiger partial charge in [0.2, 0.25) is 5.91 Å². The predicted octanol–water partition coefficient (Wildman–Crippen LogP) is 3.14. The number of carbonyl (C=O) groups is 2. The van der Waals surface area contributed by atoms with E-state index in [-0.39, 0.29) is 24.3 Å². The van der Waals surface area contributed by atoms with Crippen molar-refractivity contribution in [1.29, 1.82) is 0 Å². The van der Waals surface area contributed by atoms with Gasteiger partial charge in [-0.3, -0.25) is 14.5 Å². The Hall–Kier alpha value is -1.49. The van der Waals surface area contributed by atoms with Crippen LogP contribution in [0.2, 0.25) is 0 Å². The van der Waals surface area contributed by atoms with Crippen molar-refractivity contribution in [3.8, 4) is 0 Å². The molecular formula is C16H22N2O2S. The monoisotopic (exact) mass is 306 g/mol. The standard InChI is InChI=1S/C16H22N2O2S/c1-4-11(3)18-15(19)10-13(16(18)20)17-12-8-6-7-9-14(12)21-5-2/h6-9,11,13,17H,4-5,10H2,1-3H3. The number of nitrogens with one attached hydrogen (secondary N) is 1. The molecule has 0 aromatic heterocycles. The van der Waals surface area contributed by atoms with Crippen LogP contribution < -0.4 is 5.32 Å². The molecule has 1 heterocycles. The maximum absolute atomic E-state index is 12.4. The molecule has 4 nitrogen and oxygen atoms in total. The fourth-order valence-corrected chi connectivity index (χ4v) is 3.23. The Kier molecular flexibility index (Phi) is 5.28. The number of thioether (sulfide) groups is 1. The molecule has 114 valence electrons. The van der Waals surface area contributed by atoms with Crippen LogP contribution in [-0.4, -0.2) is 34.6 Å². The number of likely N-dealkylation sites (tertiary alicyclic amines) is 1. The van der Waals surface area contributed by atoms with Crippen molar-refractivity contribution in [2.45, 2.75) is 50.6 Å². The van der Waals surface area contributed by atoms with E-state index in [4.69, 9.17) is 0 Å². The lowest BCUT2D eigenvalue weighted by Crippen LogP contribution is -2.40. The largest absolute Gasteiger partial charge is 0.372 e. The van der Waals surface area contributed by atoms with Gasteiger partial charge in [-0.05, 0) is 31.2 Å². The minimum absolute atomic E-state index is 0.0305. The Morgan fingerprint density at radius 3 is 2.71 bits per heavy atom. The molecule has 5 heteroatoms. The Morgan fingerprint density at radius 1 is 1.33 bits per heavy atom. The molecule has 1 aliphatic heterocycles. The first-order chi connectivity index (χ1) is 10.1. The Morgan fingerprint density at radius 2 is 2.05 bits per heavy atom. The first-order valence-electron chi connectivity index (χ1n) is 7.42. The molecule has 1 N–H and O–H groups in total. The van der Waals surface area contributed by atoms with Crippen molar-refractivity contribution in [1.82, 2.24) is 4.90 Å². The van der Waals surface area contributed by atoms with Gasteiger partial charge in [0, 0.05) is 16.6 Å². The van der Waals surface area contributed by atoms with E-state index in [9.17, 15) is 9.59 Å². The number of para-hydroxylation sites is 1. The van der Waals surface area contributed by atoms with Gasteiger partial charge in [-0.15, -0.1) is 11.8 Å². The number of hydrogen-bond acceptors (Lipinski definition) is 4. The Bertz CT molecular complexity index is 533. The fraction of sp³-hybridized carbons (Fsp3) is 0.500. The molecule has 1 aromatic carbocycles. The van der Waals surface area contributed by atoms with E-state index in [1.807, 2.05) is 38.1 Å². The molecule has 0 aliphatic carbocycles. The second-order valence-corrected chi connectivity index (χ2v) is 6.50.